The van der Waals surface area contributed by atoms with Crippen molar-refractivity contribution in [3.05, 3.63) is 93.9 Å². The molecule has 7 heteroatoms. The summed E-state index contributed by atoms with van der Waals surface area (Å²) in [5, 5.41) is 18.1. The molecule has 0 aliphatic carbocycles. The van der Waals surface area contributed by atoms with E-state index in [9.17, 15) is 14.9 Å². The van der Waals surface area contributed by atoms with Crippen LogP contribution in [0.25, 0.3) is 28.1 Å². The summed E-state index contributed by atoms with van der Waals surface area (Å²) in [7, 11) is 0. The number of hydrogen-bond donors (Lipinski definition) is 1. The van der Waals surface area contributed by atoms with Crippen LogP contribution in [0.1, 0.15) is 5.56 Å². The Kier molecular flexibility index (Phi) is 5.13. The van der Waals surface area contributed by atoms with Crippen molar-refractivity contribution in [2.45, 2.75) is 0 Å². The minimum atomic E-state index is -0.463. The molecule has 0 unspecified atom stereocenters. The summed E-state index contributed by atoms with van der Waals surface area (Å²) < 4.78 is 0. The number of anilines is 1. The lowest BCUT2D eigenvalue weighted by Crippen LogP contribution is -2.07. The van der Waals surface area contributed by atoms with Crippen LogP contribution in [-0.4, -0.2) is 15.8 Å². The SMILES string of the molecule is O=C(C=Cc1ccc([N+](=O)[O-])cc1)Nc1nc(-c2ccc3ccccc3c2)cs1. The number of nitrogens with one attached hydrogen (secondary N) is 1. The molecule has 0 bridgehead atoms. The van der Waals surface area contributed by atoms with Gasteiger partial charge in [0.05, 0.1) is 10.6 Å². The normalized spacial score (nSPS) is 11.0. The van der Waals surface area contributed by atoms with Crippen molar-refractivity contribution in [2.24, 2.45) is 0 Å². The highest BCUT2D eigenvalue weighted by atomic mass is 32.1. The fourth-order valence-electron chi connectivity index (χ4n) is 2.84. The van der Waals surface area contributed by atoms with Crippen molar-refractivity contribution in [3.63, 3.8) is 0 Å². The van der Waals surface area contributed by atoms with E-state index in [1.807, 2.05) is 23.6 Å². The Morgan fingerprint density at radius 2 is 1.79 bits per heavy atom. The van der Waals surface area contributed by atoms with Gasteiger partial charge < -0.3 is 0 Å². The molecule has 6 nitrogen and oxygen atoms in total. The van der Waals surface area contributed by atoms with Crippen molar-refractivity contribution in [2.75, 3.05) is 5.32 Å². The van der Waals surface area contributed by atoms with Crippen LogP contribution in [0, 0.1) is 10.1 Å². The van der Waals surface area contributed by atoms with Crippen LogP contribution in [0.4, 0.5) is 10.8 Å². The van der Waals surface area contributed by atoms with Crippen LogP contribution >= 0.6 is 11.3 Å². The molecule has 0 fully saturated rings. The summed E-state index contributed by atoms with van der Waals surface area (Å²) in [4.78, 5) is 26.8. The average molecular weight is 401 g/mol. The van der Waals surface area contributed by atoms with Crippen LogP contribution in [-0.2, 0) is 4.79 Å². The topological polar surface area (TPSA) is 85.1 Å². The minimum absolute atomic E-state index is 0.00982. The van der Waals surface area contributed by atoms with E-state index in [0.29, 0.717) is 10.7 Å². The van der Waals surface area contributed by atoms with Gasteiger partial charge in [0.25, 0.3) is 5.69 Å². The van der Waals surface area contributed by atoms with Gasteiger partial charge in [-0.05, 0) is 40.6 Å². The maximum absolute atomic E-state index is 12.1. The molecule has 0 aliphatic rings. The van der Waals surface area contributed by atoms with E-state index in [1.54, 1.807) is 18.2 Å². The zero-order valence-corrected chi connectivity index (χ0v) is 15.9. The first-order valence-corrected chi connectivity index (χ1v) is 9.65. The summed E-state index contributed by atoms with van der Waals surface area (Å²) in [6.07, 6.45) is 2.97. The van der Waals surface area contributed by atoms with Crippen LogP contribution < -0.4 is 5.32 Å². The van der Waals surface area contributed by atoms with Crippen LogP contribution in [0.5, 0.6) is 0 Å². The van der Waals surface area contributed by atoms with Crippen LogP contribution in [0.3, 0.4) is 0 Å². The smallest absolute Gasteiger partial charge is 0.269 e. The molecule has 4 rings (SSSR count). The fraction of sp³-hybridized carbons (Fsp3) is 0. The molecular weight excluding hydrogens is 386 g/mol. The van der Waals surface area contributed by atoms with Crippen molar-refractivity contribution in [1.82, 2.24) is 4.98 Å². The molecule has 0 saturated carbocycles. The number of aromatic nitrogens is 1. The molecular formula is C22H15N3O3S. The standard InChI is InChI=1S/C22H15N3O3S/c26-21(12-7-15-5-10-19(11-6-15)25(27)28)24-22-23-20(14-29-22)18-9-8-16-3-1-2-4-17(16)13-18/h1-14H,(H,23,24,26). The number of benzene rings is 3. The lowest BCUT2D eigenvalue weighted by molar-refractivity contribution is -0.384. The van der Waals surface area contributed by atoms with Crippen molar-refractivity contribution in [1.29, 1.82) is 0 Å². The Labute approximate surface area is 170 Å². The first-order chi connectivity index (χ1) is 14.1. The average Bonchev–Trinajstić information content (AvgIpc) is 3.20. The van der Waals surface area contributed by atoms with Gasteiger partial charge in [-0.15, -0.1) is 11.3 Å². The van der Waals surface area contributed by atoms with Gasteiger partial charge in [0.15, 0.2) is 5.13 Å². The highest BCUT2D eigenvalue weighted by molar-refractivity contribution is 7.14. The van der Waals surface area contributed by atoms with Gasteiger partial charge in [-0.25, -0.2) is 4.98 Å². The summed E-state index contributed by atoms with van der Waals surface area (Å²) in [6.45, 7) is 0. The minimum Gasteiger partial charge on any atom is -0.298 e. The number of thiazole rings is 1. The number of hydrogen-bond acceptors (Lipinski definition) is 5. The molecule has 1 N–H and O–H groups in total. The first kappa shape index (κ1) is 18.5. The van der Waals surface area contributed by atoms with E-state index in [1.165, 1.54) is 29.5 Å². The number of nitro benzene ring substituents is 1. The Hall–Kier alpha value is -3.84. The van der Waals surface area contributed by atoms with Crippen LogP contribution in [0.2, 0.25) is 0 Å². The molecule has 0 radical (unpaired) electrons. The molecule has 0 spiro atoms. The number of nitro groups is 1. The van der Waals surface area contributed by atoms with E-state index in [0.717, 1.165) is 22.0 Å². The lowest BCUT2D eigenvalue weighted by atomic mass is 10.1. The van der Waals surface area contributed by atoms with Crippen molar-refractivity contribution in [3.8, 4) is 11.3 Å². The zero-order chi connectivity index (χ0) is 20.2. The first-order valence-electron chi connectivity index (χ1n) is 8.77. The largest absolute Gasteiger partial charge is 0.298 e. The van der Waals surface area contributed by atoms with Crippen LogP contribution in [0.15, 0.2) is 78.2 Å². The third kappa shape index (κ3) is 4.36. The highest BCUT2D eigenvalue weighted by Gasteiger charge is 2.08. The van der Waals surface area contributed by atoms with Crippen molar-refractivity contribution >= 4 is 44.9 Å². The number of amides is 1. The Bertz CT molecular complexity index is 1230. The van der Waals surface area contributed by atoms with E-state index in [4.69, 9.17) is 0 Å². The number of nitrogens with zero attached hydrogens (tertiary/aromatic N) is 2. The second kappa shape index (κ2) is 8.04. The molecule has 3 aromatic carbocycles. The number of carbonyl (C=O) groups is 1. The maximum atomic E-state index is 12.1. The van der Waals surface area contributed by atoms with Gasteiger partial charge in [-0.2, -0.15) is 0 Å². The number of carbonyl (C=O) groups excluding carboxylic acids is 1. The van der Waals surface area contributed by atoms with Gasteiger partial charge in [0.1, 0.15) is 0 Å². The third-order valence-electron chi connectivity index (χ3n) is 4.31. The Morgan fingerprint density at radius 3 is 2.55 bits per heavy atom. The molecule has 0 aliphatic heterocycles. The fourth-order valence-corrected chi connectivity index (χ4v) is 3.56. The third-order valence-corrected chi connectivity index (χ3v) is 5.07. The van der Waals surface area contributed by atoms with Gasteiger partial charge in [-0.3, -0.25) is 20.2 Å². The summed E-state index contributed by atoms with van der Waals surface area (Å²) in [5.74, 6) is -0.317. The second-order valence-corrected chi connectivity index (χ2v) is 7.13. The van der Waals surface area contributed by atoms with Gasteiger partial charge in [0.2, 0.25) is 5.91 Å². The molecule has 0 atom stereocenters. The maximum Gasteiger partial charge on any atom is 0.269 e. The predicted molar refractivity (Wildman–Crippen MR) is 116 cm³/mol. The molecule has 1 amide bonds. The summed E-state index contributed by atoms with van der Waals surface area (Å²) in [5.41, 5.74) is 2.50. The monoisotopic (exact) mass is 401 g/mol. The van der Waals surface area contributed by atoms with Gasteiger partial charge in [0, 0.05) is 29.2 Å². The zero-order valence-electron chi connectivity index (χ0n) is 15.1. The lowest BCUT2D eigenvalue weighted by Gasteiger charge is -2.01. The Balaban J connectivity index is 1.44. The van der Waals surface area contributed by atoms with E-state index >= 15 is 0 Å². The predicted octanol–water partition coefficient (Wildman–Crippen LogP) is 5.52. The number of fused-ring (bicyclic) bond motifs is 1. The Morgan fingerprint density at radius 1 is 1.03 bits per heavy atom. The van der Waals surface area contributed by atoms with E-state index in [2.05, 4.69) is 34.6 Å². The second-order valence-electron chi connectivity index (χ2n) is 6.27. The summed E-state index contributed by atoms with van der Waals surface area (Å²) >= 11 is 1.35. The van der Waals surface area contributed by atoms with Crippen molar-refractivity contribution < 1.29 is 9.72 Å². The van der Waals surface area contributed by atoms with Gasteiger partial charge in [-0.1, -0.05) is 36.4 Å². The highest BCUT2D eigenvalue weighted by Crippen LogP contribution is 2.27. The number of rotatable bonds is 5. The van der Waals surface area contributed by atoms with E-state index < -0.39 is 4.92 Å². The summed E-state index contributed by atoms with van der Waals surface area (Å²) in [6, 6.07) is 20.2. The number of non-ortho nitro benzene ring substituents is 1. The molecule has 1 heterocycles. The molecule has 0 saturated heterocycles. The molecule has 1 aromatic heterocycles. The van der Waals surface area contributed by atoms with E-state index in [-0.39, 0.29) is 11.6 Å². The molecule has 142 valence electrons. The molecule has 4 aromatic rings. The molecule has 29 heavy (non-hydrogen) atoms. The quantitative estimate of drug-likeness (QED) is 0.271. The van der Waals surface area contributed by atoms with Gasteiger partial charge >= 0.3 is 0 Å².